The number of carbonyl (C=O) groups excluding carboxylic acids is 3. The molecule has 2 amide bonds. The summed E-state index contributed by atoms with van der Waals surface area (Å²) in [5, 5.41) is 15.9. The fourth-order valence-electron chi connectivity index (χ4n) is 4.96. The summed E-state index contributed by atoms with van der Waals surface area (Å²) in [6.45, 7) is 2.07. The van der Waals surface area contributed by atoms with E-state index in [4.69, 9.17) is 9.47 Å². The molecule has 10 heteroatoms. The van der Waals surface area contributed by atoms with Crippen molar-refractivity contribution in [2.24, 2.45) is 28.8 Å². The molecule has 2 bridgehead atoms. The fraction of sp³-hybridized carbons (Fsp3) is 0.280. The number of non-ortho nitro benzene ring substituents is 1. The zero-order chi connectivity index (χ0) is 24.7. The zero-order valence-corrected chi connectivity index (χ0v) is 18.7. The second-order valence-electron chi connectivity index (χ2n) is 8.57. The summed E-state index contributed by atoms with van der Waals surface area (Å²) >= 11 is 0. The summed E-state index contributed by atoms with van der Waals surface area (Å²) in [5.74, 6) is -1.26. The summed E-state index contributed by atoms with van der Waals surface area (Å²) < 4.78 is 11.0. The van der Waals surface area contributed by atoms with Gasteiger partial charge in [0.15, 0.2) is 11.5 Å². The minimum atomic E-state index is -0.703. The van der Waals surface area contributed by atoms with Gasteiger partial charge >= 0.3 is 5.97 Å². The van der Waals surface area contributed by atoms with Crippen LogP contribution in [0.4, 0.5) is 5.69 Å². The summed E-state index contributed by atoms with van der Waals surface area (Å²) in [7, 11) is 0. The number of nitro groups is 1. The minimum absolute atomic E-state index is 0.107. The zero-order valence-electron chi connectivity index (χ0n) is 18.7. The van der Waals surface area contributed by atoms with E-state index in [2.05, 4.69) is 5.10 Å². The van der Waals surface area contributed by atoms with E-state index in [-0.39, 0.29) is 58.2 Å². The van der Waals surface area contributed by atoms with Crippen LogP contribution in [-0.4, -0.2) is 40.5 Å². The lowest BCUT2D eigenvalue weighted by molar-refractivity contribution is -0.384. The number of nitrogens with zero attached hydrogens (tertiary/aromatic N) is 3. The number of ether oxygens (including phenoxy) is 2. The molecule has 1 saturated carbocycles. The summed E-state index contributed by atoms with van der Waals surface area (Å²) in [5.41, 5.74) is 0.550. The van der Waals surface area contributed by atoms with Gasteiger partial charge in [0.1, 0.15) is 0 Å². The average molecular weight is 475 g/mol. The SMILES string of the molecule is CCOc1cc(C=NN2C(=O)C3C4C=CC(C4)C3C2=O)ccc1OC(=O)c1ccc([N+](=O)[O-])cc1. The number of hydrogen-bond acceptors (Lipinski definition) is 8. The Hall–Kier alpha value is -4.34. The molecule has 10 nitrogen and oxygen atoms in total. The molecule has 2 aromatic carbocycles. The first-order valence-corrected chi connectivity index (χ1v) is 11.2. The Morgan fingerprint density at radius 3 is 2.34 bits per heavy atom. The molecule has 0 aromatic heterocycles. The lowest BCUT2D eigenvalue weighted by atomic mass is 9.85. The topological polar surface area (TPSA) is 128 Å². The molecule has 1 saturated heterocycles. The van der Waals surface area contributed by atoms with Gasteiger partial charge in [-0.05, 0) is 61.1 Å². The maximum absolute atomic E-state index is 12.8. The number of esters is 1. The van der Waals surface area contributed by atoms with Crippen LogP contribution in [-0.2, 0) is 9.59 Å². The van der Waals surface area contributed by atoms with Gasteiger partial charge < -0.3 is 9.47 Å². The first kappa shape index (κ1) is 22.5. The predicted octanol–water partition coefficient (Wildman–Crippen LogP) is 3.35. The number of hydrazone groups is 1. The van der Waals surface area contributed by atoms with Gasteiger partial charge in [-0.25, -0.2) is 4.79 Å². The van der Waals surface area contributed by atoms with Crippen molar-refractivity contribution < 1.29 is 28.8 Å². The second-order valence-corrected chi connectivity index (χ2v) is 8.57. The van der Waals surface area contributed by atoms with Gasteiger partial charge in [0, 0.05) is 12.1 Å². The van der Waals surface area contributed by atoms with Crippen LogP contribution >= 0.6 is 0 Å². The standard InChI is InChI=1S/C25H21N3O7/c1-2-34-20-11-14(3-10-19(20)35-25(31)15-6-8-18(9-7-15)28(32)33)13-26-27-23(29)21-16-4-5-17(12-16)22(21)24(27)30/h3-11,13,16-17,21-22H,2,12H2,1H3. The monoisotopic (exact) mass is 475 g/mol. The Balaban J connectivity index is 1.32. The maximum atomic E-state index is 12.8. The van der Waals surface area contributed by atoms with Gasteiger partial charge in [0.05, 0.1) is 35.1 Å². The van der Waals surface area contributed by atoms with Crippen LogP contribution in [0.1, 0.15) is 29.3 Å². The predicted molar refractivity (Wildman–Crippen MR) is 123 cm³/mol. The third-order valence-corrected chi connectivity index (χ3v) is 6.55. The quantitative estimate of drug-likeness (QED) is 0.114. The number of carbonyl (C=O) groups is 3. The molecule has 2 aliphatic carbocycles. The van der Waals surface area contributed by atoms with Crippen LogP contribution in [0.3, 0.4) is 0 Å². The average Bonchev–Trinajstić information content (AvgIpc) is 3.53. The summed E-state index contributed by atoms with van der Waals surface area (Å²) in [4.78, 5) is 48.3. The van der Waals surface area contributed by atoms with E-state index in [0.717, 1.165) is 11.4 Å². The van der Waals surface area contributed by atoms with Crippen molar-refractivity contribution in [3.8, 4) is 11.5 Å². The molecular formula is C25H21N3O7. The Morgan fingerprint density at radius 1 is 1.09 bits per heavy atom. The van der Waals surface area contributed by atoms with Crippen molar-refractivity contribution in [1.82, 2.24) is 5.01 Å². The van der Waals surface area contributed by atoms with E-state index in [1.54, 1.807) is 19.1 Å². The van der Waals surface area contributed by atoms with E-state index < -0.39 is 10.9 Å². The maximum Gasteiger partial charge on any atom is 0.343 e. The first-order valence-electron chi connectivity index (χ1n) is 11.2. The molecule has 2 aromatic rings. The van der Waals surface area contributed by atoms with Gasteiger partial charge in [-0.15, -0.1) is 0 Å². The number of nitro benzene ring substituents is 1. The number of fused-ring (bicyclic) bond motifs is 5. The van der Waals surface area contributed by atoms with Crippen LogP contribution in [0.2, 0.25) is 0 Å². The van der Waals surface area contributed by atoms with E-state index in [9.17, 15) is 24.5 Å². The van der Waals surface area contributed by atoms with Gasteiger partial charge in [-0.1, -0.05) is 12.2 Å². The summed E-state index contributed by atoms with van der Waals surface area (Å²) in [6, 6.07) is 9.77. The number of benzene rings is 2. The van der Waals surface area contributed by atoms with Crippen molar-refractivity contribution in [2.45, 2.75) is 13.3 Å². The molecule has 1 aliphatic heterocycles. The molecule has 4 unspecified atom stereocenters. The van der Waals surface area contributed by atoms with Crippen molar-refractivity contribution in [2.75, 3.05) is 6.61 Å². The molecule has 0 N–H and O–H groups in total. The largest absolute Gasteiger partial charge is 0.490 e. The number of hydrogen-bond donors (Lipinski definition) is 0. The normalized spacial score (nSPS) is 24.3. The van der Waals surface area contributed by atoms with Gasteiger partial charge in [0.25, 0.3) is 17.5 Å². The molecule has 0 radical (unpaired) electrons. The minimum Gasteiger partial charge on any atom is -0.490 e. The molecule has 1 heterocycles. The molecule has 178 valence electrons. The Morgan fingerprint density at radius 2 is 1.74 bits per heavy atom. The van der Waals surface area contributed by atoms with E-state index in [1.165, 1.54) is 36.5 Å². The van der Waals surface area contributed by atoms with E-state index in [0.29, 0.717) is 12.2 Å². The highest BCUT2D eigenvalue weighted by molar-refractivity contribution is 6.06. The van der Waals surface area contributed by atoms with Crippen LogP contribution in [0.5, 0.6) is 11.5 Å². The van der Waals surface area contributed by atoms with Crippen LogP contribution in [0.25, 0.3) is 0 Å². The van der Waals surface area contributed by atoms with Gasteiger partial charge in [-0.3, -0.25) is 19.7 Å². The number of rotatable bonds is 7. The molecule has 5 rings (SSSR count). The van der Waals surface area contributed by atoms with Crippen LogP contribution in [0.15, 0.2) is 59.7 Å². The highest BCUT2D eigenvalue weighted by Gasteiger charge is 2.59. The lowest BCUT2D eigenvalue weighted by Crippen LogP contribution is -2.28. The van der Waals surface area contributed by atoms with Crippen LogP contribution < -0.4 is 9.47 Å². The highest BCUT2D eigenvalue weighted by Crippen LogP contribution is 2.52. The summed E-state index contributed by atoms with van der Waals surface area (Å²) in [6.07, 6.45) is 6.29. The smallest absolute Gasteiger partial charge is 0.343 e. The number of amides is 2. The lowest BCUT2D eigenvalue weighted by Gasteiger charge is -2.13. The van der Waals surface area contributed by atoms with E-state index in [1.807, 2.05) is 12.2 Å². The van der Waals surface area contributed by atoms with Crippen molar-refractivity contribution in [3.63, 3.8) is 0 Å². The third-order valence-electron chi connectivity index (χ3n) is 6.55. The Kier molecular flexibility index (Phi) is 5.64. The molecule has 2 fully saturated rings. The molecule has 4 atom stereocenters. The second kappa shape index (κ2) is 8.79. The Bertz CT molecular complexity index is 1250. The van der Waals surface area contributed by atoms with Crippen molar-refractivity contribution >= 4 is 29.7 Å². The molecule has 35 heavy (non-hydrogen) atoms. The number of allylic oxidation sites excluding steroid dienone is 2. The molecular weight excluding hydrogens is 454 g/mol. The van der Waals surface area contributed by atoms with Gasteiger partial charge in [-0.2, -0.15) is 10.1 Å². The fourth-order valence-corrected chi connectivity index (χ4v) is 4.96. The van der Waals surface area contributed by atoms with E-state index >= 15 is 0 Å². The number of imide groups is 1. The molecule has 3 aliphatic rings. The van der Waals surface area contributed by atoms with Gasteiger partial charge in [0.2, 0.25) is 0 Å². The van der Waals surface area contributed by atoms with Crippen LogP contribution in [0, 0.1) is 33.8 Å². The first-order chi connectivity index (χ1) is 16.9. The molecule has 0 spiro atoms. The third kappa shape index (κ3) is 3.96. The van der Waals surface area contributed by atoms with Crippen molar-refractivity contribution in [1.29, 1.82) is 0 Å². The highest BCUT2D eigenvalue weighted by atomic mass is 16.6. The van der Waals surface area contributed by atoms with Crippen molar-refractivity contribution in [3.05, 3.63) is 75.9 Å². The Labute approximate surface area is 200 Å².